The fourth-order valence-corrected chi connectivity index (χ4v) is 10.3. The standard InChI is InChI=1S/C35H39FN4O7Si/c1-22-32(48(2,3)36)30(19-31(42)38-17-7-10-27(38)21-41)47-35(22)28-18-26(40(45)46)15-16-29(28)39(34(35)44)20-23-11-13-25(14-12-23)37-33(43)24-8-5-4-6-9-24/h4-6,8-9,11-16,18,22,27,30,32,41H,7,10,17,19-21H2,1-3H3,(H,37,43)/t22-,27-,30+,32-,35+/m0/s1. The first-order valence-corrected chi connectivity index (χ1v) is 19.1. The van der Waals surface area contributed by atoms with Crippen LogP contribution >= 0.6 is 0 Å². The molecule has 2 saturated heterocycles. The molecule has 0 unspecified atom stereocenters. The molecule has 11 nitrogen and oxygen atoms in total. The van der Waals surface area contributed by atoms with Crippen LogP contribution in [0.5, 0.6) is 0 Å². The Hall–Kier alpha value is -4.46. The molecule has 48 heavy (non-hydrogen) atoms. The zero-order chi connectivity index (χ0) is 34.4. The van der Waals surface area contributed by atoms with Gasteiger partial charge in [-0.2, -0.15) is 0 Å². The van der Waals surface area contributed by atoms with Gasteiger partial charge in [-0.05, 0) is 61.8 Å². The number of benzene rings is 3. The molecular weight excluding hydrogens is 635 g/mol. The van der Waals surface area contributed by atoms with Crippen molar-refractivity contribution in [2.45, 2.75) is 69.1 Å². The average Bonchev–Trinajstić information content (AvgIpc) is 3.72. The minimum absolute atomic E-state index is 0.0883. The summed E-state index contributed by atoms with van der Waals surface area (Å²) in [7, 11) is -3.59. The molecule has 6 rings (SSSR count). The van der Waals surface area contributed by atoms with E-state index < -0.39 is 42.4 Å². The van der Waals surface area contributed by atoms with Crippen LogP contribution in [-0.2, 0) is 26.5 Å². The van der Waals surface area contributed by atoms with Crippen molar-refractivity contribution in [3.8, 4) is 0 Å². The number of carbonyl (C=O) groups excluding carboxylic acids is 3. The van der Waals surface area contributed by atoms with Crippen LogP contribution in [0.15, 0.2) is 72.8 Å². The van der Waals surface area contributed by atoms with Gasteiger partial charge in [0.05, 0.1) is 42.3 Å². The number of rotatable bonds is 9. The number of halogens is 1. The molecule has 0 aromatic heterocycles. The normalized spacial score (nSPS) is 25.1. The number of aliphatic hydroxyl groups is 1. The van der Waals surface area contributed by atoms with Gasteiger partial charge in [-0.1, -0.05) is 37.3 Å². The van der Waals surface area contributed by atoms with Crippen LogP contribution in [0, 0.1) is 16.0 Å². The van der Waals surface area contributed by atoms with Crippen LogP contribution in [0.2, 0.25) is 18.6 Å². The Balaban J connectivity index is 1.32. The summed E-state index contributed by atoms with van der Waals surface area (Å²) >= 11 is 0. The number of nitrogens with one attached hydrogen (secondary N) is 1. The van der Waals surface area contributed by atoms with Gasteiger partial charge in [0.2, 0.25) is 14.3 Å². The van der Waals surface area contributed by atoms with E-state index in [4.69, 9.17) is 4.74 Å². The molecule has 3 amide bonds. The number of amides is 3. The quantitative estimate of drug-likeness (QED) is 0.131. The Morgan fingerprint density at radius 2 is 1.83 bits per heavy atom. The van der Waals surface area contributed by atoms with Crippen LogP contribution in [0.4, 0.5) is 21.2 Å². The second-order valence-corrected chi connectivity index (χ2v) is 17.2. The third-order valence-electron chi connectivity index (χ3n) is 10.0. The highest BCUT2D eigenvalue weighted by atomic mass is 28.4. The molecule has 3 aliphatic rings. The van der Waals surface area contributed by atoms with Gasteiger partial charge < -0.3 is 29.1 Å². The fourth-order valence-electron chi connectivity index (χ4n) is 7.82. The maximum atomic E-state index is 16.2. The first-order valence-electron chi connectivity index (χ1n) is 16.2. The molecule has 5 atom stereocenters. The molecule has 0 bridgehead atoms. The molecule has 2 N–H and O–H groups in total. The summed E-state index contributed by atoms with van der Waals surface area (Å²) in [6, 6.07) is 19.7. The molecule has 3 heterocycles. The summed E-state index contributed by atoms with van der Waals surface area (Å²) in [5.41, 5.74) is -0.229. The Morgan fingerprint density at radius 3 is 2.48 bits per heavy atom. The summed E-state index contributed by atoms with van der Waals surface area (Å²) in [6.07, 6.45) is 0.315. The van der Waals surface area contributed by atoms with Crippen molar-refractivity contribution >= 4 is 43.2 Å². The first-order chi connectivity index (χ1) is 22.8. The Kier molecular flexibility index (Phi) is 8.96. The number of nitro benzene ring substituents is 1. The molecule has 3 aliphatic heterocycles. The van der Waals surface area contributed by atoms with Crippen LogP contribution in [0.1, 0.15) is 47.7 Å². The van der Waals surface area contributed by atoms with Crippen molar-refractivity contribution < 1.29 is 33.3 Å². The van der Waals surface area contributed by atoms with E-state index in [-0.39, 0.29) is 48.7 Å². The number of ether oxygens (including phenoxy) is 1. The molecule has 3 aromatic carbocycles. The van der Waals surface area contributed by atoms with Gasteiger partial charge in [-0.15, -0.1) is 0 Å². The number of likely N-dealkylation sites (tertiary alicyclic amines) is 1. The van der Waals surface area contributed by atoms with E-state index >= 15 is 4.11 Å². The van der Waals surface area contributed by atoms with Gasteiger partial charge in [0.15, 0.2) is 5.60 Å². The Labute approximate surface area is 279 Å². The van der Waals surface area contributed by atoms with E-state index in [1.165, 1.54) is 36.2 Å². The number of hydrogen-bond donors (Lipinski definition) is 2. The van der Waals surface area contributed by atoms with Crippen LogP contribution in [0.3, 0.4) is 0 Å². The van der Waals surface area contributed by atoms with E-state index in [1.807, 2.05) is 6.07 Å². The lowest BCUT2D eigenvalue weighted by atomic mass is 9.82. The highest BCUT2D eigenvalue weighted by Crippen LogP contribution is 2.60. The maximum absolute atomic E-state index is 16.2. The van der Waals surface area contributed by atoms with Gasteiger partial charge in [-0.3, -0.25) is 24.5 Å². The minimum Gasteiger partial charge on any atom is -0.394 e. The number of carbonyl (C=O) groups is 3. The summed E-state index contributed by atoms with van der Waals surface area (Å²) < 4.78 is 22.9. The minimum atomic E-state index is -3.59. The van der Waals surface area contributed by atoms with Crippen molar-refractivity contribution in [2.24, 2.45) is 5.92 Å². The van der Waals surface area contributed by atoms with Gasteiger partial charge in [-0.25, -0.2) is 0 Å². The van der Waals surface area contributed by atoms with Crippen molar-refractivity contribution in [3.05, 3.63) is 99.6 Å². The zero-order valence-corrected chi connectivity index (χ0v) is 28.1. The van der Waals surface area contributed by atoms with Gasteiger partial charge in [0, 0.05) is 47.0 Å². The topological polar surface area (TPSA) is 142 Å². The second-order valence-electron chi connectivity index (χ2n) is 13.4. The molecule has 13 heteroatoms. The number of nitrogens with zero attached hydrogens (tertiary/aromatic N) is 3. The van der Waals surface area contributed by atoms with E-state index in [1.54, 1.807) is 60.4 Å². The van der Waals surface area contributed by atoms with Gasteiger partial charge in [0.1, 0.15) is 0 Å². The number of fused-ring (bicyclic) bond motifs is 2. The number of hydrogen-bond acceptors (Lipinski definition) is 7. The molecule has 0 saturated carbocycles. The molecule has 0 radical (unpaired) electrons. The van der Waals surface area contributed by atoms with E-state index in [9.17, 15) is 29.6 Å². The summed E-state index contributed by atoms with van der Waals surface area (Å²) in [4.78, 5) is 55.2. The Morgan fingerprint density at radius 1 is 1.12 bits per heavy atom. The van der Waals surface area contributed by atoms with Crippen LogP contribution < -0.4 is 10.2 Å². The summed E-state index contributed by atoms with van der Waals surface area (Å²) in [6.45, 7) is 5.20. The highest BCUT2D eigenvalue weighted by Gasteiger charge is 2.67. The lowest BCUT2D eigenvalue weighted by Gasteiger charge is -2.31. The number of aliphatic hydroxyl groups excluding tert-OH is 1. The maximum Gasteiger partial charge on any atom is 0.269 e. The largest absolute Gasteiger partial charge is 0.394 e. The van der Waals surface area contributed by atoms with E-state index in [2.05, 4.69) is 5.32 Å². The summed E-state index contributed by atoms with van der Waals surface area (Å²) in [5.74, 6) is -1.74. The SMILES string of the molecule is C[C@H]1[C@H]([Si](C)(C)F)[C@@H](CC(=O)N2CCC[C@H]2CO)O[C@]12C(=O)N(Cc1ccc(NC(=O)c3ccccc3)cc1)c1ccc([N+](=O)[O-])cc12. The summed E-state index contributed by atoms with van der Waals surface area (Å²) in [5, 5.41) is 24.5. The number of nitro groups is 1. The lowest BCUT2D eigenvalue weighted by Crippen LogP contribution is -2.45. The van der Waals surface area contributed by atoms with Crippen LogP contribution in [0.25, 0.3) is 0 Å². The molecule has 252 valence electrons. The van der Waals surface area contributed by atoms with Crippen molar-refractivity contribution in [1.82, 2.24) is 4.90 Å². The van der Waals surface area contributed by atoms with E-state index in [0.29, 0.717) is 29.9 Å². The molecule has 1 spiro atoms. The van der Waals surface area contributed by atoms with Gasteiger partial charge >= 0.3 is 0 Å². The van der Waals surface area contributed by atoms with Crippen LogP contribution in [-0.4, -0.2) is 66.4 Å². The molecular formula is C35H39FN4O7Si. The number of anilines is 2. The number of non-ortho nitro benzene ring substituents is 1. The molecule has 0 aliphatic carbocycles. The highest BCUT2D eigenvalue weighted by molar-refractivity contribution is 6.72. The van der Waals surface area contributed by atoms with E-state index in [0.717, 1.165) is 12.0 Å². The predicted octanol–water partition coefficient (Wildman–Crippen LogP) is 5.54. The molecule has 2 fully saturated rings. The zero-order valence-electron chi connectivity index (χ0n) is 27.1. The lowest BCUT2D eigenvalue weighted by molar-refractivity contribution is -0.385. The third kappa shape index (κ3) is 5.90. The fraction of sp³-hybridized carbons (Fsp3) is 0.400. The predicted molar refractivity (Wildman–Crippen MR) is 180 cm³/mol. The van der Waals surface area contributed by atoms with Crippen molar-refractivity contribution in [2.75, 3.05) is 23.4 Å². The van der Waals surface area contributed by atoms with Gasteiger partial charge in [0.25, 0.3) is 17.5 Å². The third-order valence-corrected chi connectivity index (χ3v) is 12.5. The van der Waals surface area contributed by atoms with Crippen molar-refractivity contribution in [3.63, 3.8) is 0 Å². The first kappa shape index (κ1) is 33.4. The molecule has 3 aromatic rings. The monoisotopic (exact) mass is 674 g/mol. The average molecular weight is 675 g/mol. The Bertz CT molecular complexity index is 1730. The van der Waals surface area contributed by atoms with Crippen molar-refractivity contribution in [1.29, 1.82) is 0 Å². The smallest absolute Gasteiger partial charge is 0.269 e. The second kappa shape index (κ2) is 12.9.